The van der Waals surface area contributed by atoms with E-state index in [0.717, 1.165) is 49.9 Å². The first kappa shape index (κ1) is 40.0. The highest BCUT2D eigenvalue weighted by atomic mass is 28.3. The van der Waals surface area contributed by atoms with Gasteiger partial charge in [-0.05, 0) is 46.5 Å². The minimum atomic E-state index is -1.51. The fourth-order valence-electron chi connectivity index (χ4n) is 7.68. The summed E-state index contributed by atoms with van der Waals surface area (Å²) in [5.41, 5.74) is 5.51. The quantitative estimate of drug-likeness (QED) is 0.0635. The van der Waals surface area contributed by atoms with E-state index in [1.807, 2.05) is 36.4 Å². The number of benzene rings is 6. The number of piperidine rings is 1. The van der Waals surface area contributed by atoms with Crippen LogP contribution in [-0.2, 0) is 33.0 Å². The number of carboxylic acid groups (broad SMARTS) is 1. The van der Waals surface area contributed by atoms with Gasteiger partial charge < -0.3 is 29.0 Å². The molecular formula is C49H53NO6Si. The maximum Gasteiger partial charge on any atom is 0.407 e. The van der Waals surface area contributed by atoms with Crippen LogP contribution in [0.2, 0.25) is 19.6 Å². The van der Waals surface area contributed by atoms with Crippen molar-refractivity contribution in [2.45, 2.75) is 69.5 Å². The van der Waals surface area contributed by atoms with Crippen LogP contribution in [0.15, 0.2) is 152 Å². The summed E-state index contributed by atoms with van der Waals surface area (Å²) in [6, 6.07) is 52.0. The van der Waals surface area contributed by atoms with E-state index in [1.165, 1.54) is 4.90 Å². The molecule has 1 saturated heterocycles. The van der Waals surface area contributed by atoms with Crippen molar-refractivity contribution >= 4 is 24.9 Å². The summed E-state index contributed by atoms with van der Waals surface area (Å²) in [6.07, 6.45) is -0.645. The number of hydrogen-bond donors (Lipinski definition) is 1. The molecular weight excluding hydrogens is 727 g/mol. The monoisotopic (exact) mass is 779 g/mol. The Balaban J connectivity index is 1.12. The molecule has 3 atom stereocenters. The van der Waals surface area contributed by atoms with Crippen molar-refractivity contribution in [3.05, 3.63) is 185 Å². The molecule has 0 saturated carbocycles. The summed E-state index contributed by atoms with van der Waals surface area (Å²) in [7, 11) is -1.51. The predicted molar refractivity (Wildman–Crippen MR) is 229 cm³/mol. The normalized spacial score (nSPS) is 16.7. The Morgan fingerprint density at radius 2 is 1.33 bits per heavy atom. The van der Waals surface area contributed by atoms with E-state index in [1.54, 1.807) is 0 Å². The molecule has 1 fully saturated rings. The second-order valence-corrected chi connectivity index (χ2v) is 21.5. The highest BCUT2D eigenvalue weighted by Crippen LogP contribution is 2.41. The third-order valence-corrected chi connectivity index (χ3v) is 14.0. The van der Waals surface area contributed by atoms with Gasteiger partial charge in [0.15, 0.2) is 6.79 Å². The Hall–Kier alpha value is -5.25. The van der Waals surface area contributed by atoms with Gasteiger partial charge in [-0.2, -0.15) is 0 Å². The van der Waals surface area contributed by atoms with E-state index in [9.17, 15) is 9.90 Å². The molecule has 1 N–H and O–H groups in total. The van der Waals surface area contributed by atoms with E-state index < -0.39 is 19.8 Å². The van der Waals surface area contributed by atoms with Gasteiger partial charge >= 0.3 is 6.09 Å². The van der Waals surface area contributed by atoms with Crippen molar-refractivity contribution in [3.8, 4) is 5.75 Å². The predicted octanol–water partition coefficient (Wildman–Crippen LogP) is 11.0. The average molecular weight is 780 g/mol. The number of hydrogen-bond acceptors (Lipinski definition) is 5. The van der Waals surface area contributed by atoms with Crippen LogP contribution in [-0.4, -0.2) is 55.9 Å². The van der Waals surface area contributed by atoms with Gasteiger partial charge in [0.05, 0.1) is 33.9 Å². The maximum absolute atomic E-state index is 12.2. The van der Waals surface area contributed by atoms with Crippen molar-refractivity contribution in [3.63, 3.8) is 0 Å². The first-order chi connectivity index (χ1) is 27.6. The molecule has 7 nitrogen and oxygen atoms in total. The van der Waals surface area contributed by atoms with Crippen LogP contribution in [0.25, 0.3) is 10.8 Å². The first-order valence-corrected chi connectivity index (χ1v) is 23.4. The Kier molecular flexibility index (Phi) is 12.6. The Bertz CT molecular complexity index is 2110. The molecule has 1 aliphatic rings. The van der Waals surface area contributed by atoms with Gasteiger partial charge in [-0.15, -0.1) is 0 Å². The number of nitrogens with zero attached hydrogens (tertiary/aromatic N) is 1. The summed E-state index contributed by atoms with van der Waals surface area (Å²) >= 11 is 0. The molecule has 3 unspecified atom stereocenters. The summed E-state index contributed by atoms with van der Waals surface area (Å²) in [5, 5.41) is 12.1. The van der Waals surface area contributed by atoms with Crippen LogP contribution >= 0.6 is 0 Å². The van der Waals surface area contributed by atoms with Gasteiger partial charge in [0.2, 0.25) is 0 Å². The minimum absolute atomic E-state index is 0.00151. The van der Waals surface area contributed by atoms with E-state index in [2.05, 4.69) is 142 Å². The Morgan fingerprint density at radius 1 is 0.754 bits per heavy atom. The van der Waals surface area contributed by atoms with E-state index >= 15 is 0 Å². The van der Waals surface area contributed by atoms with Gasteiger partial charge in [-0.1, -0.05) is 171 Å². The molecule has 1 heterocycles. The number of likely N-dealkylation sites (tertiary alicyclic amines) is 1. The van der Waals surface area contributed by atoms with E-state index in [-0.39, 0.29) is 37.7 Å². The summed E-state index contributed by atoms with van der Waals surface area (Å²) in [4.78, 5) is 13.7. The van der Waals surface area contributed by atoms with E-state index in [0.29, 0.717) is 19.6 Å². The highest BCUT2D eigenvalue weighted by molar-refractivity contribution is 6.77. The lowest BCUT2D eigenvalue weighted by Gasteiger charge is -2.37. The van der Waals surface area contributed by atoms with Crippen LogP contribution in [0.4, 0.5) is 4.79 Å². The fourth-order valence-corrected chi connectivity index (χ4v) is 8.24. The number of ether oxygens (including phenoxy) is 4. The lowest BCUT2D eigenvalue weighted by molar-refractivity contribution is -0.0238. The van der Waals surface area contributed by atoms with Crippen molar-refractivity contribution in [1.29, 1.82) is 0 Å². The maximum atomic E-state index is 12.2. The van der Waals surface area contributed by atoms with Gasteiger partial charge in [-0.25, -0.2) is 4.79 Å². The lowest BCUT2D eigenvalue weighted by Crippen LogP contribution is -2.46. The number of carbonyl (C=O) groups is 1. The van der Waals surface area contributed by atoms with Crippen LogP contribution in [0, 0.1) is 0 Å². The second-order valence-electron chi connectivity index (χ2n) is 16.0. The molecule has 0 bridgehead atoms. The summed E-state index contributed by atoms with van der Waals surface area (Å²) in [5.74, 6) is 0.735. The number of fused-ring (bicyclic) bond motifs is 1. The summed E-state index contributed by atoms with van der Waals surface area (Å²) < 4.78 is 26.3. The zero-order valence-electron chi connectivity index (χ0n) is 33.3. The smallest absolute Gasteiger partial charge is 0.407 e. The zero-order valence-corrected chi connectivity index (χ0v) is 34.3. The molecule has 0 spiro atoms. The highest BCUT2D eigenvalue weighted by Gasteiger charge is 2.38. The van der Waals surface area contributed by atoms with Crippen molar-refractivity contribution < 1.29 is 28.8 Å². The van der Waals surface area contributed by atoms with Crippen LogP contribution in [0.5, 0.6) is 5.75 Å². The van der Waals surface area contributed by atoms with Crippen LogP contribution < -0.4 is 4.74 Å². The molecule has 1 amide bonds. The Morgan fingerprint density at radius 3 is 1.91 bits per heavy atom. The fraction of sp³-hybridized carbons (Fsp3) is 0.286. The molecule has 6 aromatic rings. The third kappa shape index (κ3) is 9.16. The van der Waals surface area contributed by atoms with Crippen molar-refractivity contribution in [1.82, 2.24) is 4.90 Å². The standard InChI is InChI=1S/C49H53NO6Si/c1-36(57(2,3)4)54-35-55-47-40(29-28-38-16-14-15-23-45(38)47)34-53-46-32-50(48(51)52)31-30-44(46)39-26-24-37(25-27-39)33-56-49(41-17-8-5-9-18-41,42-19-10-6-11-20-42)43-21-12-7-13-22-43/h5-29,36,44,46H,30-35H2,1-4H3,(H,51,52). The molecule has 57 heavy (non-hydrogen) atoms. The largest absolute Gasteiger partial charge is 0.467 e. The summed E-state index contributed by atoms with van der Waals surface area (Å²) in [6.45, 7) is 10.5. The van der Waals surface area contributed by atoms with E-state index in [4.69, 9.17) is 18.9 Å². The average Bonchev–Trinajstić information content (AvgIpc) is 3.24. The van der Waals surface area contributed by atoms with Crippen LogP contribution in [0.1, 0.15) is 52.6 Å². The van der Waals surface area contributed by atoms with Gasteiger partial charge in [-0.3, -0.25) is 0 Å². The molecule has 0 aliphatic carbocycles. The molecule has 7 rings (SSSR count). The van der Waals surface area contributed by atoms with Crippen LogP contribution in [0.3, 0.4) is 0 Å². The van der Waals surface area contributed by atoms with Crippen molar-refractivity contribution in [2.24, 2.45) is 0 Å². The zero-order chi connectivity index (χ0) is 39.8. The molecule has 0 aromatic heterocycles. The topological polar surface area (TPSA) is 77.5 Å². The van der Waals surface area contributed by atoms with Gasteiger partial charge in [0, 0.05) is 29.1 Å². The number of amides is 1. The third-order valence-electron chi connectivity index (χ3n) is 11.4. The molecule has 0 radical (unpaired) electrons. The molecule has 8 heteroatoms. The molecule has 294 valence electrons. The van der Waals surface area contributed by atoms with Gasteiger partial charge in [0.25, 0.3) is 0 Å². The molecule has 1 aliphatic heterocycles. The minimum Gasteiger partial charge on any atom is -0.467 e. The SMILES string of the molecule is CC(OCOc1c(COC2CN(C(=O)O)CCC2c2ccc(COC(c3ccccc3)(c3ccccc3)c3ccccc3)cc2)ccc2ccccc12)[Si](C)(C)C. The molecule has 6 aromatic carbocycles. The number of rotatable bonds is 15. The van der Waals surface area contributed by atoms with Crippen molar-refractivity contribution in [2.75, 3.05) is 19.9 Å². The Labute approximate surface area is 337 Å². The second kappa shape index (κ2) is 17.9. The first-order valence-electron chi connectivity index (χ1n) is 19.9. The van der Waals surface area contributed by atoms with Gasteiger partial charge in [0.1, 0.15) is 11.4 Å². The lowest BCUT2D eigenvalue weighted by atomic mass is 9.80.